The van der Waals surface area contributed by atoms with Gasteiger partial charge in [-0.05, 0) is 42.2 Å². The van der Waals surface area contributed by atoms with E-state index in [0.717, 1.165) is 73.7 Å². The third-order valence-electron chi connectivity index (χ3n) is 7.50. The molecule has 0 atom stereocenters. The molecule has 0 spiro atoms. The highest BCUT2D eigenvalue weighted by atomic mass is 16.5. The van der Waals surface area contributed by atoms with Crippen LogP contribution in [-0.2, 0) is 22.6 Å². The lowest BCUT2D eigenvalue weighted by Gasteiger charge is -2.38. The molecule has 2 aromatic carbocycles. The number of hydrogen-bond acceptors (Lipinski definition) is 5. The molecule has 2 amide bonds. The van der Waals surface area contributed by atoms with Crippen molar-refractivity contribution < 1.29 is 14.3 Å². The van der Waals surface area contributed by atoms with Crippen LogP contribution in [0.1, 0.15) is 30.5 Å². The molecule has 0 unspecified atom stereocenters. The van der Waals surface area contributed by atoms with Gasteiger partial charge in [-0.1, -0.05) is 55.0 Å². The standard InChI is InChI=1S/C31H36N4O3/c36-30(33-22-24-5-2-1-3-6-24)21-28-12-9-27(23-32-28)25-10-13-29(14-11-25)38-20-19-34-15-17-35(18-16-34)31(37)26-7-4-8-26/h1-3,5-6,9-14,23,26H,4,7-8,15-22H2,(H,33,36). The average Bonchev–Trinajstić information content (AvgIpc) is 2.93. The molecule has 198 valence electrons. The van der Waals surface area contributed by atoms with E-state index < -0.39 is 0 Å². The van der Waals surface area contributed by atoms with E-state index in [4.69, 9.17) is 4.74 Å². The average molecular weight is 513 g/mol. The predicted octanol–water partition coefficient (Wildman–Crippen LogP) is 3.93. The molecule has 38 heavy (non-hydrogen) atoms. The lowest BCUT2D eigenvalue weighted by Crippen LogP contribution is -2.51. The van der Waals surface area contributed by atoms with Crippen LogP contribution >= 0.6 is 0 Å². The topological polar surface area (TPSA) is 74.8 Å². The smallest absolute Gasteiger partial charge is 0.226 e. The van der Waals surface area contributed by atoms with Gasteiger partial charge in [-0.2, -0.15) is 0 Å². The largest absolute Gasteiger partial charge is 0.492 e. The first-order valence-corrected chi connectivity index (χ1v) is 13.6. The van der Waals surface area contributed by atoms with Crippen molar-refractivity contribution in [1.29, 1.82) is 0 Å². The Morgan fingerprint density at radius 3 is 2.29 bits per heavy atom. The van der Waals surface area contributed by atoms with Crippen LogP contribution in [0, 0.1) is 5.92 Å². The van der Waals surface area contributed by atoms with Gasteiger partial charge in [0.05, 0.1) is 6.42 Å². The van der Waals surface area contributed by atoms with E-state index in [2.05, 4.69) is 15.2 Å². The Morgan fingerprint density at radius 2 is 1.63 bits per heavy atom. The number of benzene rings is 2. The molecule has 2 fully saturated rings. The number of hydrogen-bond donors (Lipinski definition) is 1. The fraction of sp³-hybridized carbons (Fsp3) is 0.387. The van der Waals surface area contributed by atoms with E-state index in [1.165, 1.54) is 6.42 Å². The van der Waals surface area contributed by atoms with Gasteiger partial charge in [0.1, 0.15) is 12.4 Å². The highest BCUT2D eigenvalue weighted by Crippen LogP contribution is 2.28. The number of carbonyl (C=O) groups excluding carboxylic acids is 2. The number of piperazine rings is 1. The van der Waals surface area contributed by atoms with E-state index in [9.17, 15) is 9.59 Å². The van der Waals surface area contributed by atoms with Gasteiger partial charge in [-0.15, -0.1) is 0 Å². The SMILES string of the molecule is O=C(Cc1ccc(-c2ccc(OCCN3CCN(C(=O)C4CCC4)CC3)cc2)cn1)NCc1ccccc1. The molecule has 1 aromatic heterocycles. The summed E-state index contributed by atoms with van der Waals surface area (Å²) in [6.45, 7) is 5.49. The molecule has 1 aliphatic carbocycles. The number of aromatic nitrogens is 1. The van der Waals surface area contributed by atoms with Gasteiger partial charge >= 0.3 is 0 Å². The van der Waals surface area contributed by atoms with Crippen molar-refractivity contribution in [2.24, 2.45) is 5.92 Å². The zero-order valence-corrected chi connectivity index (χ0v) is 21.9. The second kappa shape index (κ2) is 12.7. The minimum absolute atomic E-state index is 0.0420. The van der Waals surface area contributed by atoms with E-state index in [1.54, 1.807) is 0 Å². The maximum Gasteiger partial charge on any atom is 0.226 e. The number of amides is 2. The van der Waals surface area contributed by atoms with Crippen molar-refractivity contribution in [2.45, 2.75) is 32.2 Å². The zero-order valence-electron chi connectivity index (χ0n) is 21.9. The second-order valence-corrected chi connectivity index (χ2v) is 10.1. The number of ether oxygens (including phenoxy) is 1. The summed E-state index contributed by atoms with van der Waals surface area (Å²) in [6, 6.07) is 21.8. The third kappa shape index (κ3) is 6.98. The third-order valence-corrected chi connectivity index (χ3v) is 7.50. The maximum absolute atomic E-state index is 12.4. The summed E-state index contributed by atoms with van der Waals surface area (Å²) in [6.07, 6.45) is 5.41. The molecule has 7 heteroatoms. The van der Waals surface area contributed by atoms with Crippen molar-refractivity contribution in [3.8, 4) is 16.9 Å². The summed E-state index contributed by atoms with van der Waals surface area (Å²) < 4.78 is 5.97. The van der Waals surface area contributed by atoms with Gasteiger partial charge in [-0.25, -0.2) is 0 Å². The summed E-state index contributed by atoms with van der Waals surface area (Å²) in [5, 5.41) is 2.94. The minimum atomic E-state index is -0.0420. The molecule has 0 radical (unpaired) electrons. The van der Waals surface area contributed by atoms with Crippen molar-refractivity contribution in [2.75, 3.05) is 39.3 Å². The summed E-state index contributed by atoms with van der Waals surface area (Å²) >= 11 is 0. The van der Waals surface area contributed by atoms with E-state index in [0.29, 0.717) is 25.0 Å². The van der Waals surface area contributed by atoms with Crippen LogP contribution in [0.5, 0.6) is 5.75 Å². The van der Waals surface area contributed by atoms with E-state index in [-0.39, 0.29) is 12.3 Å². The van der Waals surface area contributed by atoms with Gasteiger partial charge < -0.3 is 15.0 Å². The van der Waals surface area contributed by atoms with Crippen LogP contribution in [0.3, 0.4) is 0 Å². The first kappa shape index (κ1) is 25.9. The minimum Gasteiger partial charge on any atom is -0.492 e. The number of pyridine rings is 1. The number of rotatable bonds is 10. The van der Waals surface area contributed by atoms with Gasteiger partial charge in [0, 0.05) is 62.6 Å². The molecule has 5 rings (SSSR count). The van der Waals surface area contributed by atoms with Gasteiger partial charge in [0.25, 0.3) is 0 Å². The lowest BCUT2D eigenvalue weighted by molar-refractivity contribution is -0.140. The Morgan fingerprint density at radius 1 is 0.895 bits per heavy atom. The first-order valence-electron chi connectivity index (χ1n) is 13.6. The summed E-state index contributed by atoms with van der Waals surface area (Å²) in [5.74, 6) is 1.45. The van der Waals surface area contributed by atoms with Crippen molar-refractivity contribution in [3.63, 3.8) is 0 Å². The second-order valence-electron chi connectivity index (χ2n) is 10.1. The molecule has 1 N–H and O–H groups in total. The normalized spacial score (nSPS) is 16.1. The van der Waals surface area contributed by atoms with E-state index >= 15 is 0 Å². The van der Waals surface area contributed by atoms with Crippen LogP contribution in [0.4, 0.5) is 0 Å². The van der Waals surface area contributed by atoms with Crippen LogP contribution in [-0.4, -0.2) is 65.9 Å². The van der Waals surface area contributed by atoms with Crippen LogP contribution in [0.2, 0.25) is 0 Å². The van der Waals surface area contributed by atoms with Gasteiger partial charge in [0.15, 0.2) is 0 Å². The molecular weight excluding hydrogens is 476 g/mol. The Bertz CT molecular complexity index is 1190. The fourth-order valence-electron chi connectivity index (χ4n) is 4.86. The number of carbonyl (C=O) groups is 2. The zero-order chi connectivity index (χ0) is 26.2. The van der Waals surface area contributed by atoms with Crippen LogP contribution in [0.15, 0.2) is 72.9 Å². The molecular formula is C31H36N4O3. The Hall–Kier alpha value is -3.71. The lowest BCUT2D eigenvalue weighted by atomic mass is 9.84. The highest BCUT2D eigenvalue weighted by Gasteiger charge is 2.31. The van der Waals surface area contributed by atoms with Gasteiger partial charge in [-0.3, -0.25) is 19.5 Å². The molecule has 2 aliphatic rings. The quantitative estimate of drug-likeness (QED) is 0.446. The monoisotopic (exact) mass is 512 g/mol. The Kier molecular flexibility index (Phi) is 8.66. The van der Waals surface area contributed by atoms with E-state index in [1.807, 2.05) is 77.8 Å². The fourth-order valence-corrected chi connectivity index (χ4v) is 4.86. The molecule has 0 bridgehead atoms. The summed E-state index contributed by atoms with van der Waals surface area (Å²) in [4.78, 5) is 33.6. The summed E-state index contributed by atoms with van der Waals surface area (Å²) in [5.41, 5.74) is 3.87. The Labute approximate surface area is 224 Å². The predicted molar refractivity (Wildman–Crippen MR) is 148 cm³/mol. The molecule has 1 aliphatic heterocycles. The van der Waals surface area contributed by atoms with Gasteiger partial charge in [0.2, 0.25) is 11.8 Å². The highest BCUT2D eigenvalue weighted by molar-refractivity contribution is 5.79. The number of nitrogens with zero attached hydrogens (tertiary/aromatic N) is 3. The molecule has 3 aromatic rings. The number of nitrogens with one attached hydrogen (secondary N) is 1. The van der Waals surface area contributed by atoms with Crippen LogP contribution < -0.4 is 10.1 Å². The molecule has 1 saturated heterocycles. The molecule has 2 heterocycles. The van der Waals surface area contributed by atoms with Crippen molar-refractivity contribution in [1.82, 2.24) is 20.1 Å². The molecule has 1 saturated carbocycles. The van der Waals surface area contributed by atoms with Crippen molar-refractivity contribution >= 4 is 11.8 Å². The summed E-state index contributed by atoms with van der Waals surface area (Å²) in [7, 11) is 0. The van der Waals surface area contributed by atoms with Crippen LogP contribution in [0.25, 0.3) is 11.1 Å². The van der Waals surface area contributed by atoms with Crippen molar-refractivity contribution in [3.05, 3.63) is 84.2 Å². The first-order chi connectivity index (χ1) is 18.6. The maximum atomic E-state index is 12.4. The Balaban J connectivity index is 1.02. The molecule has 7 nitrogen and oxygen atoms in total.